The van der Waals surface area contributed by atoms with E-state index >= 15 is 0 Å². The van der Waals surface area contributed by atoms with Gasteiger partial charge in [0.05, 0.1) is 11.0 Å². The molecule has 19 heavy (non-hydrogen) atoms. The van der Waals surface area contributed by atoms with Gasteiger partial charge in [-0.25, -0.2) is 0 Å². The second-order valence-corrected chi connectivity index (χ2v) is 7.15. The molecule has 0 aromatic rings. The van der Waals surface area contributed by atoms with Crippen molar-refractivity contribution in [3.8, 4) is 0 Å². The number of ether oxygens (including phenoxy) is 1. The molecule has 3 aliphatic heterocycles. The van der Waals surface area contributed by atoms with E-state index in [1.807, 2.05) is 0 Å². The first-order valence-electron chi connectivity index (χ1n) is 6.95. The van der Waals surface area contributed by atoms with Crippen LogP contribution in [0.15, 0.2) is 0 Å². The van der Waals surface area contributed by atoms with Gasteiger partial charge in [-0.05, 0) is 26.2 Å². The van der Waals surface area contributed by atoms with Gasteiger partial charge >= 0.3 is 0 Å². The van der Waals surface area contributed by atoms with Crippen LogP contribution in [0.4, 0.5) is 0 Å². The van der Waals surface area contributed by atoms with Gasteiger partial charge in [0, 0.05) is 25.3 Å². The van der Waals surface area contributed by atoms with Crippen LogP contribution in [0.2, 0.25) is 0 Å². The van der Waals surface area contributed by atoms with Crippen molar-refractivity contribution in [3.63, 3.8) is 0 Å². The summed E-state index contributed by atoms with van der Waals surface area (Å²) in [6.45, 7) is 3.43. The summed E-state index contributed by atoms with van der Waals surface area (Å²) in [6.07, 6.45) is 3.66. The molecule has 0 radical (unpaired) electrons. The first-order chi connectivity index (χ1) is 9.10. The smallest absolute Gasteiger partial charge is 0.243 e. The molecule has 0 aromatic heterocycles. The molecule has 0 spiro atoms. The molecule has 3 rings (SSSR count). The number of fused-ring (bicyclic) bond motifs is 1. The quantitative estimate of drug-likeness (QED) is 0.830. The summed E-state index contributed by atoms with van der Waals surface area (Å²) >= 11 is 1.73. The van der Waals surface area contributed by atoms with E-state index in [1.165, 1.54) is 0 Å². The SMILES string of the molecule is C[C@@]12CCC(=O)N1[C@@H](C(=O)NC[C@@H]1CCCO1)CS2. The van der Waals surface area contributed by atoms with Gasteiger partial charge in [-0.2, -0.15) is 0 Å². The van der Waals surface area contributed by atoms with E-state index < -0.39 is 0 Å². The Morgan fingerprint density at radius 2 is 2.47 bits per heavy atom. The Hall–Kier alpha value is -0.750. The average molecular weight is 284 g/mol. The van der Waals surface area contributed by atoms with Gasteiger partial charge in [0.1, 0.15) is 6.04 Å². The Kier molecular flexibility index (Phi) is 3.47. The standard InChI is InChI=1S/C13H20N2O3S/c1-13-5-4-11(16)15(13)10(8-19-13)12(17)14-7-9-3-2-6-18-9/h9-10H,2-8H2,1H3,(H,14,17)/t9-,10+,13+/m0/s1. The first kappa shape index (κ1) is 13.2. The van der Waals surface area contributed by atoms with Gasteiger partial charge in [-0.15, -0.1) is 11.8 Å². The molecule has 106 valence electrons. The number of thioether (sulfide) groups is 1. The average Bonchev–Trinajstić information content (AvgIpc) is 3.06. The Morgan fingerprint density at radius 1 is 1.63 bits per heavy atom. The topological polar surface area (TPSA) is 58.6 Å². The highest BCUT2D eigenvalue weighted by Gasteiger charge is 2.52. The number of carbonyl (C=O) groups excluding carboxylic acids is 2. The molecule has 0 aliphatic carbocycles. The summed E-state index contributed by atoms with van der Waals surface area (Å²) in [5.74, 6) is 0.798. The van der Waals surface area contributed by atoms with Crippen molar-refractivity contribution >= 4 is 23.6 Å². The van der Waals surface area contributed by atoms with Crippen molar-refractivity contribution in [1.82, 2.24) is 10.2 Å². The molecular formula is C13H20N2O3S. The molecule has 3 heterocycles. The third-order valence-corrected chi connectivity index (χ3v) is 5.78. The molecule has 3 fully saturated rings. The van der Waals surface area contributed by atoms with Crippen LogP contribution in [0.3, 0.4) is 0 Å². The van der Waals surface area contributed by atoms with Gasteiger partial charge in [-0.1, -0.05) is 0 Å². The fourth-order valence-corrected chi connectivity index (χ4v) is 4.58. The Balaban J connectivity index is 1.59. The second kappa shape index (κ2) is 4.98. The maximum atomic E-state index is 12.3. The van der Waals surface area contributed by atoms with E-state index in [2.05, 4.69) is 12.2 Å². The molecule has 0 unspecified atom stereocenters. The highest BCUT2D eigenvalue weighted by atomic mass is 32.2. The summed E-state index contributed by atoms with van der Waals surface area (Å²) in [6, 6.07) is -0.300. The molecule has 0 bridgehead atoms. The normalized spacial score (nSPS) is 37.7. The molecule has 2 amide bonds. The molecule has 0 saturated carbocycles. The number of nitrogens with one attached hydrogen (secondary N) is 1. The molecule has 0 aromatic carbocycles. The lowest BCUT2D eigenvalue weighted by Crippen LogP contribution is -2.51. The predicted molar refractivity (Wildman–Crippen MR) is 72.7 cm³/mol. The van der Waals surface area contributed by atoms with E-state index in [1.54, 1.807) is 16.7 Å². The van der Waals surface area contributed by atoms with E-state index in [9.17, 15) is 9.59 Å². The summed E-state index contributed by atoms with van der Waals surface area (Å²) < 4.78 is 5.49. The van der Waals surface area contributed by atoms with Crippen LogP contribution >= 0.6 is 11.8 Å². The highest BCUT2D eigenvalue weighted by molar-refractivity contribution is 8.01. The van der Waals surface area contributed by atoms with E-state index in [-0.39, 0.29) is 28.8 Å². The maximum Gasteiger partial charge on any atom is 0.243 e. The van der Waals surface area contributed by atoms with E-state index in [4.69, 9.17) is 4.74 Å². The maximum absolute atomic E-state index is 12.3. The fourth-order valence-electron chi connectivity index (χ4n) is 3.15. The lowest BCUT2D eigenvalue weighted by Gasteiger charge is -2.30. The molecule has 3 aliphatic rings. The van der Waals surface area contributed by atoms with Crippen LogP contribution < -0.4 is 5.32 Å². The van der Waals surface area contributed by atoms with Gasteiger partial charge in [-0.3, -0.25) is 9.59 Å². The number of hydrogen-bond donors (Lipinski definition) is 1. The highest BCUT2D eigenvalue weighted by Crippen LogP contribution is 2.47. The van der Waals surface area contributed by atoms with Crippen LogP contribution in [0.5, 0.6) is 0 Å². The monoisotopic (exact) mass is 284 g/mol. The van der Waals surface area contributed by atoms with Crippen molar-refractivity contribution in [2.24, 2.45) is 0 Å². The zero-order valence-corrected chi connectivity index (χ0v) is 12.0. The van der Waals surface area contributed by atoms with Crippen molar-refractivity contribution in [1.29, 1.82) is 0 Å². The zero-order chi connectivity index (χ0) is 13.5. The van der Waals surface area contributed by atoms with Crippen LogP contribution in [0.1, 0.15) is 32.6 Å². The van der Waals surface area contributed by atoms with Crippen molar-refractivity contribution in [2.75, 3.05) is 18.9 Å². The first-order valence-corrected chi connectivity index (χ1v) is 7.94. The van der Waals surface area contributed by atoms with Crippen LogP contribution in [-0.2, 0) is 14.3 Å². The van der Waals surface area contributed by atoms with Gasteiger partial charge in [0.2, 0.25) is 11.8 Å². The van der Waals surface area contributed by atoms with Crippen LogP contribution in [-0.4, -0.2) is 52.6 Å². The van der Waals surface area contributed by atoms with Gasteiger partial charge in [0.15, 0.2) is 0 Å². The summed E-state index contributed by atoms with van der Waals surface area (Å²) in [4.78, 5) is 25.8. The second-order valence-electron chi connectivity index (χ2n) is 5.65. The van der Waals surface area contributed by atoms with E-state index in [0.29, 0.717) is 18.7 Å². The molecule has 1 N–H and O–H groups in total. The summed E-state index contributed by atoms with van der Waals surface area (Å²) in [7, 11) is 0. The Labute approximate surface area is 117 Å². The van der Waals surface area contributed by atoms with Crippen molar-refractivity contribution in [3.05, 3.63) is 0 Å². The minimum absolute atomic E-state index is 0.0259. The zero-order valence-electron chi connectivity index (χ0n) is 11.2. The van der Waals surface area contributed by atoms with Gasteiger partial charge < -0.3 is 15.0 Å². The lowest BCUT2D eigenvalue weighted by molar-refractivity contribution is -0.138. The number of hydrogen-bond acceptors (Lipinski definition) is 4. The molecule has 3 atom stereocenters. The lowest BCUT2D eigenvalue weighted by atomic mass is 10.2. The molecule has 5 nitrogen and oxygen atoms in total. The van der Waals surface area contributed by atoms with Gasteiger partial charge in [0.25, 0.3) is 0 Å². The third kappa shape index (κ3) is 2.36. The number of amides is 2. The van der Waals surface area contributed by atoms with Crippen LogP contribution in [0, 0.1) is 0 Å². The Morgan fingerprint density at radius 3 is 3.21 bits per heavy atom. The van der Waals surface area contributed by atoms with Crippen LogP contribution in [0.25, 0.3) is 0 Å². The van der Waals surface area contributed by atoms with Crippen molar-refractivity contribution < 1.29 is 14.3 Å². The minimum Gasteiger partial charge on any atom is -0.376 e. The fraction of sp³-hybridized carbons (Fsp3) is 0.846. The predicted octanol–water partition coefficient (Wildman–Crippen LogP) is 0.736. The Bertz CT molecular complexity index is 397. The number of rotatable bonds is 3. The summed E-state index contributed by atoms with van der Waals surface area (Å²) in [5.41, 5.74) is 0. The molecular weight excluding hydrogens is 264 g/mol. The third-order valence-electron chi connectivity index (χ3n) is 4.28. The molecule has 3 saturated heterocycles. The molecule has 6 heteroatoms. The number of carbonyl (C=O) groups is 2. The largest absolute Gasteiger partial charge is 0.376 e. The minimum atomic E-state index is -0.300. The summed E-state index contributed by atoms with van der Waals surface area (Å²) in [5, 5.41) is 2.95. The van der Waals surface area contributed by atoms with E-state index in [0.717, 1.165) is 25.9 Å². The number of nitrogens with zero attached hydrogens (tertiary/aromatic N) is 1. The van der Waals surface area contributed by atoms with Crippen molar-refractivity contribution in [2.45, 2.75) is 49.6 Å².